The van der Waals surface area contributed by atoms with Crippen molar-refractivity contribution in [3.05, 3.63) is 0 Å². The molecule has 0 saturated heterocycles. The molecule has 23 heavy (non-hydrogen) atoms. The Labute approximate surface area is 133 Å². The molecule has 0 amide bonds. The van der Waals surface area contributed by atoms with Crippen LogP contribution in [0.5, 0.6) is 0 Å². The molecule has 8 heteroatoms. The molecule has 0 aromatic heterocycles. The molecule has 0 rings (SSSR count). The number of hydrogen-bond acceptors (Lipinski definition) is 8. The lowest BCUT2D eigenvalue weighted by Gasteiger charge is -2.06. The van der Waals surface area contributed by atoms with Crippen molar-refractivity contribution in [1.29, 1.82) is 0 Å². The van der Waals surface area contributed by atoms with Crippen LogP contribution in [0.1, 0.15) is 19.3 Å². The SMILES string of the molecule is C#CC(=O)OCCCOC(=O)CC(=O)OCCCOC(=O)C#C. The summed E-state index contributed by atoms with van der Waals surface area (Å²) in [5, 5.41) is 0. The van der Waals surface area contributed by atoms with Gasteiger partial charge in [0.05, 0.1) is 26.4 Å². The lowest BCUT2D eigenvalue weighted by Crippen LogP contribution is -2.16. The van der Waals surface area contributed by atoms with Gasteiger partial charge in [-0.3, -0.25) is 9.59 Å². The van der Waals surface area contributed by atoms with Crippen molar-refractivity contribution in [3.8, 4) is 24.7 Å². The van der Waals surface area contributed by atoms with E-state index in [4.69, 9.17) is 22.3 Å². The zero-order valence-electron chi connectivity index (χ0n) is 12.4. The third kappa shape index (κ3) is 12.5. The van der Waals surface area contributed by atoms with Gasteiger partial charge in [0.15, 0.2) is 0 Å². The molecule has 0 unspecified atom stereocenters. The molecule has 0 radical (unpaired) electrons. The fraction of sp³-hybridized carbons (Fsp3) is 0.467. The molecule has 0 aromatic carbocycles. The molecule has 0 fully saturated rings. The summed E-state index contributed by atoms with van der Waals surface area (Å²) in [5.41, 5.74) is 0. The van der Waals surface area contributed by atoms with Crippen LogP contribution < -0.4 is 0 Å². The number of ether oxygens (including phenoxy) is 4. The number of rotatable bonds is 10. The minimum atomic E-state index is -0.798. The van der Waals surface area contributed by atoms with Crippen molar-refractivity contribution in [3.63, 3.8) is 0 Å². The van der Waals surface area contributed by atoms with Crippen LogP contribution in [0, 0.1) is 24.7 Å². The maximum absolute atomic E-state index is 11.3. The van der Waals surface area contributed by atoms with E-state index in [1.165, 1.54) is 0 Å². The van der Waals surface area contributed by atoms with E-state index in [-0.39, 0.29) is 39.3 Å². The molecule has 0 aliphatic carbocycles. The van der Waals surface area contributed by atoms with Gasteiger partial charge in [0, 0.05) is 24.7 Å². The van der Waals surface area contributed by atoms with Gasteiger partial charge in [-0.25, -0.2) is 9.59 Å². The van der Waals surface area contributed by atoms with E-state index in [0.29, 0.717) is 0 Å². The summed E-state index contributed by atoms with van der Waals surface area (Å²) in [5.74, 6) is 0.393. The average molecular weight is 324 g/mol. The van der Waals surface area contributed by atoms with E-state index < -0.39 is 30.3 Å². The third-order valence-electron chi connectivity index (χ3n) is 2.09. The molecule has 0 saturated carbocycles. The summed E-state index contributed by atoms with van der Waals surface area (Å²) < 4.78 is 18.6. The Balaban J connectivity index is 3.57. The Morgan fingerprint density at radius 2 is 1.00 bits per heavy atom. The van der Waals surface area contributed by atoms with Crippen LogP contribution in [0.25, 0.3) is 0 Å². The first-order valence-electron chi connectivity index (χ1n) is 6.57. The average Bonchev–Trinajstić information content (AvgIpc) is 2.53. The molecule has 0 atom stereocenters. The summed E-state index contributed by atoms with van der Waals surface area (Å²) in [6, 6.07) is 0. The minimum absolute atomic E-state index is 0.0110. The molecule has 0 N–H and O–H groups in total. The van der Waals surface area contributed by atoms with Crippen molar-refractivity contribution >= 4 is 23.9 Å². The first-order chi connectivity index (χ1) is 11.0. The van der Waals surface area contributed by atoms with Crippen LogP contribution in [-0.2, 0) is 38.1 Å². The third-order valence-corrected chi connectivity index (χ3v) is 2.09. The molecular formula is C15H16O8. The summed E-state index contributed by atoms with van der Waals surface area (Å²) in [6.45, 7) is -0.0215. The van der Waals surface area contributed by atoms with Gasteiger partial charge in [0.25, 0.3) is 0 Å². The van der Waals surface area contributed by atoms with Crippen LogP contribution >= 0.6 is 0 Å². The lowest BCUT2D eigenvalue weighted by atomic mass is 10.4. The lowest BCUT2D eigenvalue weighted by molar-refractivity contribution is -0.154. The zero-order chi connectivity index (χ0) is 17.5. The fourth-order valence-electron chi connectivity index (χ4n) is 1.12. The van der Waals surface area contributed by atoms with Crippen LogP contribution in [0.2, 0.25) is 0 Å². The number of terminal acetylenes is 2. The highest BCUT2D eigenvalue weighted by Gasteiger charge is 2.12. The molecule has 8 nitrogen and oxygen atoms in total. The van der Waals surface area contributed by atoms with Crippen molar-refractivity contribution in [1.82, 2.24) is 0 Å². The highest BCUT2D eigenvalue weighted by atomic mass is 16.6. The summed E-state index contributed by atoms with van der Waals surface area (Å²) in [6.07, 6.45) is 9.52. The van der Waals surface area contributed by atoms with Crippen LogP contribution in [0.15, 0.2) is 0 Å². The highest BCUT2D eigenvalue weighted by molar-refractivity contribution is 5.91. The maximum atomic E-state index is 11.3. The van der Waals surface area contributed by atoms with Crippen molar-refractivity contribution < 1.29 is 38.1 Å². The largest absolute Gasteiger partial charge is 0.465 e. The summed E-state index contributed by atoms with van der Waals surface area (Å²) in [7, 11) is 0. The molecule has 0 aliphatic rings. The van der Waals surface area contributed by atoms with Crippen molar-refractivity contribution in [2.24, 2.45) is 0 Å². The molecule has 0 heterocycles. The zero-order valence-corrected chi connectivity index (χ0v) is 12.4. The van der Waals surface area contributed by atoms with E-state index >= 15 is 0 Å². The van der Waals surface area contributed by atoms with Crippen LogP contribution in [-0.4, -0.2) is 50.3 Å². The van der Waals surface area contributed by atoms with Gasteiger partial charge in [-0.05, 0) is 0 Å². The Bertz CT molecular complexity index is 463. The summed E-state index contributed by atoms with van der Waals surface area (Å²) in [4.78, 5) is 43.7. The predicted molar refractivity (Wildman–Crippen MR) is 75.4 cm³/mol. The van der Waals surface area contributed by atoms with E-state index in [1.807, 2.05) is 0 Å². The van der Waals surface area contributed by atoms with Gasteiger partial charge in [0.1, 0.15) is 6.42 Å². The number of esters is 4. The second-order valence-corrected chi connectivity index (χ2v) is 3.89. The molecule has 0 spiro atoms. The van der Waals surface area contributed by atoms with Gasteiger partial charge in [-0.1, -0.05) is 0 Å². The highest BCUT2D eigenvalue weighted by Crippen LogP contribution is 1.95. The van der Waals surface area contributed by atoms with Gasteiger partial charge in [-0.15, -0.1) is 12.8 Å². The molecular weight excluding hydrogens is 308 g/mol. The second-order valence-electron chi connectivity index (χ2n) is 3.89. The molecule has 0 aliphatic heterocycles. The van der Waals surface area contributed by atoms with Gasteiger partial charge in [0.2, 0.25) is 0 Å². The van der Waals surface area contributed by atoms with Crippen LogP contribution in [0.3, 0.4) is 0 Å². The maximum Gasteiger partial charge on any atom is 0.384 e. The van der Waals surface area contributed by atoms with E-state index in [9.17, 15) is 19.2 Å². The van der Waals surface area contributed by atoms with Crippen LogP contribution in [0.4, 0.5) is 0 Å². The fourth-order valence-corrected chi connectivity index (χ4v) is 1.12. The quantitative estimate of drug-likeness (QED) is 0.133. The number of hydrogen-bond donors (Lipinski definition) is 0. The van der Waals surface area contributed by atoms with Crippen molar-refractivity contribution in [2.45, 2.75) is 19.3 Å². The molecule has 0 bridgehead atoms. The van der Waals surface area contributed by atoms with E-state index in [0.717, 1.165) is 0 Å². The molecule has 0 aromatic rings. The Kier molecular flexibility index (Phi) is 11.1. The normalized spacial score (nSPS) is 8.96. The van der Waals surface area contributed by atoms with Crippen molar-refractivity contribution in [2.75, 3.05) is 26.4 Å². The number of carbonyl (C=O) groups is 4. The predicted octanol–water partition coefficient (Wildman–Crippen LogP) is -0.404. The summed E-state index contributed by atoms with van der Waals surface area (Å²) >= 11 is 0. The van der Waals surface area contributed by atoms with Gasteiger partial charge >= 0.3 is 23.9 Å². The smallest absolute Gasteiger partial charge is 0.384 e. The van der Waals surface area contributed by atoms with E-state index in [1.54, 1.807) is 11.8 Å². The van der Waals surface area contributed by atoms with Gasteiger partial charge < -0.3 is 18.9 Å². The monoisotopic (exact) mass is 324 g/mol. The molecule has 124 valence electrons. The Morgan fingerprint density at radius 3 is 1.35 bits per heavy atom. The first-order valence-corrected chi connectivity index (χ1v) is 6.57. The standard InChI is InChI=1S/C15H16O8/c1-3-12(16)20-7-5-9-22-14(18)11-15(19)23-10-6-8-21-13(17)4-2/h1-2H,5-11H2. The minimum Gasteiger partial charge on any atom is -0.465 e. The topological polar surface area (TPSA) is 105 Å². The Morgan fingerprint density at radius 1 is 0.652 bits per heavy atom. The first kappa shape index (κ1) is 20.0. The van der Waals surface area contributed by atoms with Gasteiger partial charge in [-0.2, -0.15) is 0 Å². The number of carbonyl (C=O) groups excluding carboxylic acids is 4. The van der Waals surface area contributed by atoms with E-state index in [2.05, 4.69) is 9.47 Å². The Hall–Kier alpha value is -3.00. The second kappa shape index (κ2) is 12.7.